The highest BCUT2D eigenvalue weighted by molar-refractivity contribution is 5.34. The van der Waals surface area contributed by atoms with Crippen LogP contribution in [0.1, 0.15) is 24.5 Å². The first-order chi connectivity index (χ1) is 8.27. The predicted octanol–water partition coefficient (Wildman–Crippen LogP) is 2.21. The zero-order valence-electron chi connectivity index (χ0n) is 10.0. The van der Waals surface area contributed by atoms with Crippen LogP contribution in [-0.2, 0) is 11.3 Å². The summed E-state index contributed by atoms with van der Waals surface area (Å²) in [6, 6.07) is 6.27. The number of hydrogen-bond acceptors (Lipinski definition) is 3. The Morgan fingerprint density at radius 3 is 2.94 bits per heavy atom. The molecular formula is C13H17FN2O. The average Bonchev–Trinajstić information content (AvgIpc) is 2.35. The van der Waals surface area contributed by atoms with Crippen LogP contribution in [0.3, 0.4) is 0 Å². The third-order valence-corrected chi connectivity index (χ3v) is 2.27. The third-order valence-electron chi connectivity index (χ3n) is 2.27. The molecule has 0 amide bonds. The summed E-state index contributed by atoms with van der Waals surface area (Å²) in [6.45, 7) is 4.91. The van der Waals surface area contributed by atoms with Gasteiger partial charge in [0.05, 0.1) is 18.8 Å². The molecule has 0 spiro atoms. The molecule has 17 heavy (non-hydrogen) atoms. The lowest BCUT2D eigenvalue weighted by Crippen LogP contribution is -2.20. The maximum Gasteiger partial charge on any atom is 0.140 e. The lowest BCUT2D eigenvalue weighted by atomic mass is 10.1. The first-order valence-electron chi connectivity index (χ1n) is 5.75. The van der Waals surface area contributed by atoms with Crippen molar-refractivity contribution in [3.8, 4) is 6.07 Å². The molecule has 0 aliphatic carbocycles. The van der Waals surface area contributed by atoms with Gasteiger partial charge in [-0.25, -0.2) is 4.39 Å². The van der Waals surface area contributed by atoms with Crippen LogP contribution in [0.5, 0.6) is 0 Å². The predicted molar refractivity (Wildman–Crippen MR) is 63.9 cm³/mol. The van der Waals surface area contributed by atoms with Gasteiger partial charge in [0.1, 0.15) is 11.9 Å². The molecule has 0 aliphatic rings. The van der Waals surface area contributed by atoms with Crippen molar-refractivity contribution in [3.05, 3.63) is 35.1 Å². The van der Waals surface area contributed by atoms with E-state index in [2.05, 4.69) is 12.2 Å². The van der Waals surface area contributed by atoms with Crippen molar-refractivity contribution in [2.24, 2.45) is 0 Å². The second-order valence-corrected chi connectivity index (χ2v) is 3.73. The maximum atomic E-state index is 13.0. The Morgan fingerprint density at radius 1 is 1.41 bits per heavy atom. The Kier molecular flexibility index (Phi) is 6.23. The fourth-order valence-corrected chi connectivity index (χ4v) is 1.38. The van der Waals surface area contributed by atoms with Crippen LogP contribution in [0.2, 0.25) is 0 Å². The lowest BCUT2D eigenvalue weighted by Gasteiger charge is -2.06. The van der Waals surface area contributed by atoms with Gasteiger partial charge in [0.25, 0.3) is 0 Å². The molecule has 0 heterocycles. The first-order valence-corrected chi connectivity index (χ1v) is 5.75. The summed E-state index contributed by atoms with van der Waals surface area (Å²) in [7, 11) is 0. The van der Waals surface area contributed by atoms with Crippen LogP contribution in [0.25, 0.3) is 0 Å². The van der Waals surface area contributed by atoms with E-state index in [0.717, 1.165) is 25.1 Å². The van der Waals surface area contributed by atoms with Crippen molar-refractivity contribution in [2.45, 2.75) is 20.0 Å². The maximum absolute atomic E-state index is 13.0. The fourth-order valence-electron chi connectivity index (χ4n) is 1.38. The molecule has 3 nitrogen and oxygen atoms in total. The van der Waals surface area contributed by atoms with Crippen molar-refractivity contribution in [3.63, 3.8) is 0 Å². The Balaban J connectivity index is 2.30. The summed E-state index contributed by atoms with van der Waals surface area (Å²) in [4.78, 5) is 0. The zero-order valence-corrected chi connectivity index (χ0v) is 10.0. The number of halogens is 1. The number of rotatable bonds is 7. The van der Waals surface area contributed by atoms with E-state index >= 15 is 0 Å². The molecule has 0 saturated heterocycles. The lowest BCUT2D eigenvalue weighted by molar-refractivity contribution is 0.123. The second-order valence-electron chi connectivity index (χ2n) is 3.73. The normalized spacial score (nSPS) is 10.2. The van der Waals surface area contributed by atoms with E-state index < -0.39 is 5.82 Å². The summed E-state index contributed by atoms with van der Waals surface area (Å²) in [6.07, 6.45) is 1.10. The number of ether oxygens (including phenoxy) is 1. The van der Waals surface area contributed by atoms with Gasteiger partial charge in [-0.3, -0.25) is 0 Å². The number of nitriles is 1. The van der Waals surface area contributed by atoms with Crippen LogP contribution in [0.15, 0.2) is 18.2 Å². The van der Waals surface area contributed by atoms with E-state index in [9.17, 15) is 4.39 Å². The smallest absolute Gasteiger partial charge is 0.140 e. The van der Waals surface area contributed by atoms with Gasteiger partial charge in [-0.15, -0.1) is 0 Å². The van der Waals surface area contributed by atoms with Crippen LogP contribution < -0.4 is 5.32 Å². The Morgan fingerprint density at radius 2 is 2.24 bits per heavy atom. The minimum atomic E-state index is -0.485. The molecular weight excluding hydrogens is 219 g/mol. The van der Waals surface area contributed by atoms with Crippen molar-refractivity contribution in [2.75, 3.05) is 19.7 Å². The fraction of sp³-hybridized carbons (Fsp3) is 0.462. The summed E-state index contributed by atoms with van der Waals surface area (Å²) in [5.74, 6) is -0.485. The molecule has 0 unspecified atom stereocenters. The molecule has 0 fully saturated rings. The zero-order chi connectivity index (χ0) is 12.5. The van der Waals surface area contributed by atoms with Crippen LogP contribution >= 0.6 is 0 Å². The molecule has 0 aliphatic heterocycles. The van der Waals surface area contributed by atoms with Gasteiger partial charge in [-0.05, 0) is 30.7 Å². The van der Waals surface area contributed by atoms with E-state index in [1.54, 1.807) is 6.07 Å². The molecule has 1 aromatic rings. The van der Waals surface area contributed by atoms with Crippen molar-refractivity contribution in [1.82, 2.24) is 5.32 Å². The van der Waals surface area contributed by atoms with E-state index in [-0.39, 0.29) is 5.56 Å². The van der Waals surface area contributed by atoms with Gasteiger partial charge in [0, 0.05) is 6.54 Å². The second kappa shape index (κ2) is 7.77. The van der Waals surface area contributed by atoms with Crippen LogP contribution in [0, 0.1) is 17.1 Å². The molecule has 1 N–H and O–H groups in total. The van der Waals surface area contributed by atoms with Crippen LogP contribution in [-0.4, -0.2) is 19.7 Å². The van der Waals surface area contributed by atoms with Crippen molar-refractivity contribution >= 4 is 0 Å². The van der Waals surface area contributed by atoms with E-state index in [0.29, 0.717) is 13.2 Å². The average molecular weight is 236 g/mol. The van der Waals surface area contributed by atoms with Crippen LogP contribution in [0.4, 0.5) is 4.39 Å². The molecule has 0 atom stereocenters. The topological polar surface area (TPSA) is 45.0 Å². The molecule has 0 saturated carbocycles. The summed E-state index contributed by atoms with van der Waals surface area (Å²) >= 11 is 0. The summed E-state index contributed by atoms with van der Waals surface area (Å²) in [5, 5.41) is 11.9. The van der Waals surface area contributed by atoms with Gasteiger partial charge in [-0.1, -0.05) is 13.0 Å². The Bertz CT molecular complexity index is 387. The van der Waals surface area contributed by atoms with Gasteiger partial charge in [0.15, 0.2) is 0 Å². The Hall–Kier alpha value is -1.44. The number of nitrogens with zero attached hydrogens (tertiary/aromatic N) is 1. The number of nitrogens with one attached hydrogen (secondary N) is 1. The molecule has 4 heteroatoms. The SMILES string of the molecule is CCCNCCOCc1ccc(F)c(C#N)c1. The van der Waals surface area contributed by atoms with Gasteiger partial charge in [-0.2, -0.15) is 5.26 Å². The van der Waals surface area contributed by atoms with Gasteiger partial charge < -0.3 is 10.1 Å². The van der Waals surface area contributed by atoms with Gasteiger partial charge in [0.2, 0.25) is 0 Å². The number of benzene rings is 1. The Labute approximate surface area is 101 Å². The minimum Gasteiger partial charge on any atom is -0.375 e. The van der Waals surface area contributed by atoms with E-state index in [1.807, 2.05) is 6.07 Å². The monoisotopic (exact) mass is 236 g/mol. The van der Waals surface area contributed by atoms with Gasteiger partial charge >= 0.3 is 0 Å². The standard InChI is InChI=1S/C13H17FN2O/c1-2-5-16-6-7-17-10-11-3-4-13(14)12(8-11)9-15/h3-4,8,16H,2,5-7,10H2,1H3. The summed E-state index contributed by atoms with van der Waals surface area (Å²) < 4.78 is 18.4. The number of hydrogen-bond donors (Lipinski definition) is 1. The molecule has 1 rings (SSSR count). The largest absolute Gasteiger partial charge is 0.375 e. The molecule has 0 aromatic heterocycles. The highest BCUT2D eigenvalue weighted by atomic mass is 19.1. The minimum absolute atomic E-state index is 0.0650. The molecule has 1 aromatic carbocycles. The van der Waals surface area contributed by atoms with Crippen molar-refractivity contribution in [1.29, 1.82) is 5.26 Å². The highest BCUT2D eigenvalue weighted by Crippen LogP contribution is 2.10. The summed E-state index contributed by atoms with van der Waals surface area (Å²) in [5.41, 5.74) is 0.883. The molecule has 92 valence electrons. The third kappa shape index (κ3) is 4.94. The van der Waals surface area contributed by atoms with E-state index in [1.165, 1.54) is 12.1 Å². The molecule has 0 radical (unpaired) electrons. The van der Waals surface area contributed by atoms with E-state index in [4.69, 9.17) is 10.00 Å². The highest BCUT2D eigenvalue weighted by Gasteiger charge is 2.02. The quantitative estimate of drug-likeness (QED) is 0.738. The molecule has 0 bridgehead atoms. The van der Waals surface area contributed by atoms with Crippen molar-refractivity contribution < 1.29 is 9.13 Å². The first kappa shape index (κ1) is 13.6.